The average Bonchev–Trinajstić information content (AvgIpc) is 2.95. The number of rotatable bonds is 1. The lowest BCUT2D eigenvalue weighted by atomic mass is 9.74. The molecule has 0 fully saturated rings. The van der Waals surface area contributed by atoms with Crippen LogP contribution < -0.4 is 10.1 Å². The third-order valence-corrected chi connectivity index (χ3v) is 5.98. The minimum Gasteiger partial charge on any atom is -0.473 e. The number of allylic oxidation sites excluding steroid dienone is 3. The molecule has 1 N–H and O–H groups in total. The predicted molar refractivity (Wildman–Crippen MR) is 97.5 cm³/mol. The second kappa shape index (κ2) is 4.99. The van der Waals surface area contributed by atoms with Gasteiger partial charge < -0.3 is 10.1 Å². The predicted octanol–water partition coefficient (Wildman–Crippen LogP) is 3.33. The quantitative estimate of drug-likeness (QED) is 0.845. The topological polar surface area (TPSA) is 55.4 Å². The maximum atomic E-state index is 12.3. The zero-order valence-electron chi connectivity index (χ0n) is 13.5. The van der Waals surface area contributed by atoms with Crippen LogP contribution in [-0.2, 0) is 4.79 Å². The van der Waals surface area contributed by atoms with E-state index in [4.69, 9.17) is 4.74 Å². The van der Waals surface area contributed by atoms with Crippen LogP contribution in [0.2, 0.25) is 0 Å². The molecule has 0 saturated carbocycles. The number of amides is 1. The van der Waals surface area contributed by atoms with Crippen molar-refractivity contribution in [3.05, 3.63) is 70.3 Å². The van der Waals surface area contributed by atoms with Gasteiger partial charge in [-0.05, 0) is 36.1 Å². The van der Waals surface area contributed by atoms with Crippen LogP contribution in [0.15, 0.2) is 53.7 Å². The van der Waals surface area contributed by atoms with Crippen molar-refractivity contribution in [2.24, 2.45) is 0 Å². The second-order valence-electron chi connectivity index (χ2n) is 6.50. The number of benzene rings is 1. The van der Waals surface area contributed by atoms with Crippen LogP contribution in [0, 0.1) is 0 Å². The number of ketones is 1. The monoisotopic (exact) mass is 349 g/mol. The van der Waals surface area contributed by atoms with E-state index in [0.717, 1.165) is 28.0 Å². The van der Waals surface area contributed by atoms with E-state index in [1.165, 1.54) is 0 Å². The fourth-order valence-electron chi connectivity index (χ4n) is 3.94. The average molecular weight is 349 g/mol. The minimum atomic E-state index is -0.737. The third kappa shape index (κ3) is 1.90. The molecule has 1 aromatic rings. The van der Waals surface area contributed by atoms with Crippen molar-refractivity contribution < 1.29 is 14.3 Å². The summed E-state index contributed by atoms with van der Waals surface area (Å²) in [5.74, 6) is 0.749. The summed E-state index contributed by atoms with van der Waals surface area (Å²) in [5, 5.41) is 2.87. The first-order valence-corrected chi connectivity index (χ1v) is 9.43. The van der Waals surface area contributed by atoms with E-state index in [1.807, 2.05) is 42.7 Å². The van der Waals surface area contributed by atoms with Gasteiger partial charge in [0.1, 0.15) is 11.1 Å². The zero-order chi connectivity index (χ0) is 17.2. The van der Waals surface area contributed by atoms with Gasteiger partial charge in [-0.25, -0.2) is 0 Å². The van der Waals surface area contributed by atoms with E-state index in [1.54, 1.807) is 17.8 Å². The molecule has 4 aliphatic rings. The Labute approximate surface area is 149 Å². The van der Waals surface area contributed by atoms with Crippen LogP contribution in [0.1, 0.15) is 33.3 Å². The molecule has 0 bridgehead atoms. The molecular formula is C20H15NO3S. The lowest BCUT2D eigenvalue weighted by Crippen LogP contribution is -2.43. The van der Waals surface area contributed by atoms with Crippen LogP contribution in [0.3, 0.4) is 0 Å². The Morgan fingerprint density at radius 3 is 3.00 bits per heavy atom. The molecule has 0 aromatic heterocycles. The standard InChI is InChI=1S/C20H15NO3S/c1-25-19-16-15(18(23)21-19)6-5-11-9-12-3-2-4-13-10-14(22)7-8-20(12,13)24-17(11)16/h2-9,19H,10H2,1H3,(H,21,23). The molecule has 1 spiro atoms. The van der Waals surface area contributed by atoms with Gasteiger partial charge in [0, 0.05) is 28.7 Å². The lowest BCUT2D eigenvalue weighted by molar-refractivity contribution is -0.114. The second-order valence-corrected chi connectivity index (χ2v) is 7.44. The molecule has 25 heavy (non-hydrogen) atoms. The fourth-order valence-corrected chi connectivity index (χ4v) is 4.64. The van der Waals surface area contributed by atoms with Gasteiger partial charge in [0.15, 0.2) is 11.4 Å². The summed E-state index contributed by atoms with van der Waals surface area (Å²) in [4.78, 5) is 24.1. The lowest BCUT2D eigenvalue weighted by Gasteiger charge is -2.42. The van der Waals surface area contributed by atoms with E-state index >= 15 is 0 Å². The van der Waals surface area contributed by atoms with Crippen LogP contribution in [0.4, 0.5) is 0 Å². The van der Waals surface area contributed by atoms with Crippen molar-refractivity contribution in [2.75, 3.05) is 6.26 Å². The van der Waals surface area contributed by atoms with E-state index in [-0.39, 0.29) is 17.1 Å². The number of thioether (sulfide) groups is 1. The molecule has 1 aromatic carbocycles. The summed E-state index contributed by atoms with van der Waals surface area (Å²) >= 11 is 1.58. The molecule has 0 saturated heterocycles. The van der Waals surface area contributed by atoms with Gasteiger partial charge >= 0.3 is 0 Å². The fraction of sp³-hybridized carbons (Fsp3) is 0.200. The van der Waals surface area contributed by atoms with Crippen LogP contribution in [-0.4, -0.2) is 23.5 Å². The molecule has 2 aliphatic heterocycles. The maximum absolute atomic E-state index is 12.3. The summed E-state index contributed by atoms with van der Waals surface area (Å²) in [7, 11) is 0. The number of nitrogens with one attached hydrogen (secondary N) is 1. The summed E-state index contributed by atoms with van der Waals surface area (Å²) in [6.07, 6.45) is 13.8. The molecule has 1 amide bonds. The van der Waals surface area contributed by atoms with Crippen LogP contribution in [0.25, 0.3) is 6.08 Å². The molecule has 5 heteroatoms. The van der Waals surface area contributed by atoms with Gasteiger partial charge in [-0.2, -0.15) is 0 Å². The van der Waals surface area contributed by atoms with Crippen LogP contribution in [0.5, 0.6) is 5.75 Å². The molecule has 2 atom stereocenters. The minimum absolute atomic E-state index is 0.0679. The third-order valence-electron chi connectivity index (χ3n) is 5.15. The number of ether oxygens (including phenoxy) is 1. The van der Waals surface area contributed by atoms with Crippen molar-refractivity contribution in [3.63, 3.8) is 0 Å². The SMILES string of the molecule is CSC1NC(=O)c2ccc3c(c21)OC12C=CC(=O)CC1=CC=CC2=C3. The molecule has 2 unspecified atom stereocenters. The summed E-state index contributed by atoms with van der Waals surface area (Å²) in [6.45, 7) is 0. The highest BCUT2D eigenvalue weighted by atomic mass is 32.2. The smallest absolute Gasteiger partial charge is 0.252 e. The van der Waals surface area contributed by atoms with Gasteiger partial charge in [0.05, 0.1) is 0 Å². The summed E-state index contributed by atoms with van der Waals surface area (Å²) in [6, 6.07) is 3.79. The van der Waals surface area contributed by atoms with E-state index in [0.29, 0.717) is 12.0 Å². The van der Waals surface area contributed by atoms with Gasteiger partial charge in [-0.15, -0.1) is 11.8 Å². The van der Waals surface area contributed by atoms with Crippen molar-refractivity contribution in [3.8, 4) is 5.75 Å². The van der Waals surface area contributed by atoms with E-state index in [9.17, 15) is 9.59 Å². The highest BCUT2D eigenvalue weighted by Gasteiger charge is 2.46. The van der Waals surface area contributed by atoms with Crippen molar-refractivity contribution in [1.29, 1.82) is 0 Å². The van der Waals surface area contributed by atoms with Crippen molar-refractivity contribution >= 4 is 29.5 Å². The molecule has 0 radical (unpaired) electrons. The van der Waals surface area contributed by atoms with E-state index < -0.39 is 5.60 Å². The molecule has 5 rings (SSSR count). The Morgan fingerprint density at radius 1 is 1.28 bits per heavy atom. The summed E-state index contributed by atoms with van der Waals surface area (Å²) in [5.41, 5.74) is 3.75. The normalized spacial score (nSPS) is 28.1. The maximum Gasteiger partial charge on any atom is 0.252 e. The molecular weight excluding hydrogens is 334 g/mol. The Bertz CT molecular complexity index is 969. The highest BCUT2D eigenvalue weighted by molar-refractivity contribution is 7.98. The van der Waals surface area contributed by atoms with Gasteiger partial charge in [-0.3, -0.25) is 9.59 Å². The van der Waals surface area contributed by atoms with Gasteiger partial charge in [0.2, 0.25) is 0 Å². The van der Waals surface area contributed by atoms with Gasteiger partial charge in [0.25, 0.3) is 5.91 Å². The Balaban J connectivity index is 1.75. The number of hydrogen-bond donors (Lipinski definition) is 1. The van der Waals surface area contributed by atoms with E-state index in [2.05, 4.69) is 11.4 Å². The highest BCUT2D eigenvalue weighted by Crippen LogP contribution is 2.50. The van der Waals surface area contributed by atoms with Gasteiger partial charge in [-0.1, -0.05) is 24.3 Å². The number of hydrogen-bond acceptors (Lipinski definition) is 4. The van der Waals surface area contributed by atoms with Crippen molar-refractivity contribution in [2.45, 2.75) is 17.4 Å². The first-order chi connectivity index (χ1) is 12.1. The molecule has 2 heterocycles. The summed E-state index contributed by atoms with van der Waals surface area (Å²) < 4.78 is 6.57. The Hall–Kier alpha value is -2.53. The first-order valence-electron chi connectivity index (χ1n) is 8.14. The van der Waals surface area contributed by atoms with Crippen molar-refractivity contribution in [1.82, 2.24) is 5.32 Å². The number of carbonyl (C=O) groups is 2. The Morgan fingerprint density at radius 2 is 2.16 bits per heavy atom. The number of carbonyl (C=O) groups excluding carboxylic acids is 2. The number of fused-ring (bicyclic) bond motifs is 3. The first kappa shape index (κ1) is 14.8. The van der Waals surface area contributed by atoms with Crippen LogP contribution >= 0.6 is 11.8 Å². The molecule has 2 aliphatic carbocycles. The zero-order valence-corrected chi connectivity index (χ0v) is 14.4. The molecule has 124 valence electrons. The largest absolute Gasteiger partial charge is 0.473 e. The molecule has 4 nitrogen and oxygen atoms in total. The Kier molecular flexibility index (Phi) is 2.95.